The van der Waals surface area contributed by atoms with Gasteiger partial charge in [-0.1, -0.05) is 0 Å². The highest BCUT2D eigenvalue weighted by atomic mass is 19.4. The van der Waals surface area contributed by atoms with Gasteiger partial charge in [-0.2, -0.15) is 28.5 Å². The molecule has 1 atom stereocenters. The first-order valence-corrected chi connectivity index (χ1v) is 8.18. The Hall–Kier alpha value is -2.90. The topological polar surface area (TPSA) is 91.5 Å². The average Bonchev–Trinajstić information content (AvgIpc) is 3.35. The zero-order valence-electron chi connectivity index (χ0n) is 14.6. The first-order chi connectivity index (χ1) is 12.7. The lowest BCUT2D eigenvalue weighted by Crippen LogP contribution is -2.31. The summed E-state index contributed by atoms with van der Waals surface area (Å²) in [6.07, 6.45) is -0.905. The molecule has 1 aliphatic carbocycles. The van der Waals surface area contributed by atoms with Crippen molar-refractivity contribution in [2.24, 2.45) is 0 Å². The molecule has 144 valence electrons. The van der Waals surface area contributed by atoms with Gasteiger partial charge in [-0.3, -0.25) is 0 Å². The van der Waals surface area contributed by atoms with Crippen LogP contribution in [0.1, 0.15) is 31.0 Å². The van der Waals surface area contributed by atoms with Crippen LogP contribution in [0.25, 0.3) is 0 Å². The fourth-order valence-electron chi connectivity index (χ4n) is 2.28. The van der Waals surface area contributed by atoms with Crippen LogP contribution in [0.2, 0.25) is 0 Å². The van der Waals surface area contributed by atoms with E-state index in [1.54, 1.807) is 6.92 Å². The van der Waals surface area contributed by atoms with Gasteiger partial charge in [-0.05, 0) is 26.7 Å². The number of aromatic nitrogens is 4. The molecular weight excluding hydrogens is 366 g/mol. The SMILES string of the molecule is Cc1nn(C(C)(C#N)CF)cc1Nc1ncc(C(F)(F)F)c(NC2CC2)n1. The summed E-state index contributed by atoms with van der Waals surface area (Å²) in [5.41, 5.74) is -1.64. The van der Waals surface area contributed by atoms with Gasteiger partial charge in [-0.25, -0.2) is 14.1 Å². The van der Waals surface area contributed by atoms with Crippen LogP contribution < -0.4 is 10.6 Å². The highest BCUT2D eigenvalue weighted by Gasteiger charge is 2.37. The first kappa shape index (κ1) is 18.9. The van der Waals surface area contributed by atoms with Gasteiger partial charge in [0.25, 0.3) is 0 Å². The Bertz CT molecular complexity index is 882. The molecule has 7 nitrogen and oxygen atoms in total. The van der Waals surface area contributed by atoms with Crippen molar-refractivity contribution in [3.63, 3.8) is 0 Å². The maximum absolute atomic E-state index is 13.2. The van der Waals surface area contributed by atoms with E-state index in [1.807, 2.05) is 6.07 Å². The molecule has 2 N–H and O–H groups in total. The Kier molecular flexibility index (Phi) is 4.67. The van der Waals surface area contributed by atoms with Gasteiger partial charge in [0.2, 0.25) is 5.95 Å². The van der Waals surface area contributed by atoms with Gasteiger partial charge >= 0.3 is 6.18 Å². The minimum atomic E-state index is -4.58. The first-order valence-electron chi connectivity index (χ1n) is 8.18. The van der Waals surface area contributed by atoms with Crippen molar-refractivity contribution in [2.75, 3.05) is 17.3 Å². The van der Waals surface area contributed by atoms with Crippen LogP contribution in [0.15, 0.2) is 12.4 Å². The molecule has 0 bridgehead atoms. The second kappa shape index (κ2) is 6.68. The van der Waals surface area contributed by atoms with Crippen LogP contribution in [-0.4, -0.2) is 32.5 Å². The molecule has 1 fully saturated rings. The summed E-state index contributed by atoms with van der Waals surface area (Å²) in [5.74, 6) is -0.356. The molecule has 2 aromatic heterocycles. The third-order valence-electron chi connectivity index (χ3n) is 4.16. The van der Waals surface area contributed by atoms with Crippen LogP contribution in [-0.2, 0) is 11.7 Å². The molecule has 0 aromatic carbocycles. The van der Waals surface area contributed by atoms with Crippen molar-refractivity contribution >= 4 is 17.5 Å². The van der Waals surface area contributed by atoms with E-state index in [-0.39, 0.29) is 17.8 Å². The van der Waals surface area contributed by atoms with Crippen molar-refractivity contribution in [1.82, 2.24) is 19.7 Å². The molecule has 1 saturated carbocycles. The second-order valence-corrected chi connectivity index (χ2v) is 6.59. The predicted molar refractivity (Wildman–Crippen MR) is 89.2 cm³/mol. The standard InChI is InChI=1S/C16H17F4N7/c1-9-12(6-27(26-9)15(2,7-17)8-21)24-14-22-5-11(16(18,19)20)13(25-14)23-10-3-4-10/h5-6,10H,3-4,7H2,1-2H3,(H2,22,23,24,25). The zero-order valence-corrected chi connectivity index (χ0v) is 14.6. The Morgan fingerprint density at radius 2 is 2.07 bits per heavy atom. The summed E-state index contributed by atoms with van der Waals surface area (Å²) >= 11 is 0. The van der Waals surface area contributed by atoms with Crippen molar-refractivity contribution < 1.29 is 17.6 Å². The van der Waals surface area contributed by atoms with Crippen molar-refractivity contribution in [3.8, 4) is 6.07 Å². The van der Waals surface area contributed by atoms with E-state index in [0.29, 0.717) is 17.6 Å². The summed E-state index contributed by atoms with van der Waals surface area (Å²) < 4.78 is 53.8. The second-order valence-electron chi connectivity index (χ2n) is 6.59. The number of hydrogen-bond acceptors (Lipinski definition) is 6. The third-order valence-corrected chi connectivity index (χ3v) is 4.16. The number of nitrogens with one attached hydrogen (secondary N) is 2. The number of hydrogen-bond donors (Lipinski definition) is 2. The van der Waals surface area contributed by atoms with Gasteiger partial charge < -0.3 is 10.6 Å². The quantitative estimate of drug-likeness (QED) is 0.742. The van der Waals surface area contributed by atoms with Crippen LogP contribution in [0.4, 0.5) is 35.0 Å². The fraction of sp³-hybridized carbons (Fsp3) is 0.500. The van der Waals surface area contributed by atoms with Crippen LogP contribution >= 0.6 is 0 Å². The van der Waals surface area contributed by atoms with E-state index in [9.17, 15) is 17.6 Å². The molecule has 2 aromatic rings. The van der Waals surface area contributed by atoms with Gasteiger partial charge in [0.15, 0.2) is 5.54 Å². The minimum absolute atomic E-state index is 0.0285. The zero-order chi connectivity index (χ0) is 19.8. The number of aryl methyl sites for hydroxylation is 1. The van der Waals surface area contributed by atoms with E-state index >= 15 is 0 Å². The number of nitrogens with zero attached hydrogens (tertiary/aromatic N) is 5. The third kappa shape index (κ3) is 3.94. The number of alkyl halides is 4. The van der Waals surface area contributed by atoms with Crippen LogP contribution in [0, 0.1) is 18.3 Å². The highest BCUT2D eigenvalue weighted by Crippen LogP contribution is 2.36. The highest BCUT2D eigenvalue weighted by molar-refractivity contribution is 5.58. The lowest BCUT2D eigenvalue weighted by Gasteiger charge is -2.17. The maximum Gasteiger partial charge on any atom is 0.421 e. The molecular formula is C16H17F4N7. The van der Waals surface area contributed by atoms with Gasteiger partial charge in [-0.15, -0.1) is 0 Å². The molecule has 11 heteroatoms. The lowest BCUT2D eigenvalue weighted by molar-refractivity contribution is -0.137. The van der Waals surface area contributed by atoms with E-state index in [4.69, 9.17) is 5.26 Å². The molecule has 1 aliphatic rings. The summed E-state index contributed by atoms with van der Waals surface area (Å²) in [7, 11) is 0. The summed E-state index contributed by atoms with van der Waals surface area (Å²) in [4.78, 5) is 7.66. The molecule has 0 saturated heterocycles. The average molecular weight is 383 g/mol. The van der Waals surface area contributed by atoms with E-state index in [1.165, 1.54) is 13.1 Å². The van der Waals surface area contributed by atoms with Crippen LogP contribution in [0.5, 0.6) is 0 Å². The number of halogens is 4. The molecule has 0 spiro atoms. The normalized spacial score (nSPS) is 16.5. The maximum atomic E-state index is 13.2. The van der Waals surface area contributed by atoms with Crippen LogP contribution in [0.3, 0.4) is 0 Å². The predicted octanol–water partition coefficient (Wildman–Crippen LogP) is 3.53. The molecule has 2 heterocycles. The fourth-order valence-corrected chi connectivity index (χ4v) is 2.28. The van der Waals surface area contributed by atoms with Crippen molar-refractivity contribution in [3.05, 3.63) is 23.7 Å². The van der Waals surface area contributed by atoms with E-state index < -0.39 is 24.0 Å². The Morgan fingerprint density at radius 3 is 2.63 bits per heavy atom. The Labute approximate surface area is 152 Å². The molecule has 0 amide bonds. The Morgan fingerprint density at radius 1 is 1.37 bits per heavy atom. The molecule has 1 unspecified atom stereocenters. The Balaban J connectivity index is 1.90. The number of nitriles is 1. The largest absolute Gasteiger partial charge is 0.421 e. The molecule has 0 radical (unpaired) electrons. The summed E-state index contributed by atoms with van der Waals surface area (Å²) in [5, 5.41) is 18.8. The van der Waals surface area contributed by atoms with Crippen molar-refractivity contribution in [1.29, 1.82) is 5.26 Å². The van der Waals surface area contributed by atoms with Gasteiger partial charge in [0.05, 0.1) is 23.6 Å². The van der Waals surface area contributed by atoms with Gasteiger partial charge in [0.1, 0.15) is 18.1 Å². The molecule has 27 heavy (non-hydrogen) atoms. The summed E-state index contributed by atoms with van der Waals surface area (Å²) in [6, 6.07) is 1.81. The lowest BCUT2D eigenvalue weighted by atomic mass is 10.1. The minimum Gasteiger partial charge on any atom is -0.367 e. The summed E-state index contributed by atoms with van der Waals surface area (Å²) in [6.45, 7) is 2.05. The van der Waals surface area contributed by atoms with Gasteiger partial charge in [0, 0.05) is 12.2 Å². The molecule has 0 aliphatic heterocycles. The monoisotopic (exact) mass is 383 g/mol. The smallest absolute Gasteiger partial charge is 0.367 e. The number of anilines is 3. The molecule has 3 rings (SSSR count). The van der Waals surface area contributed by atoms with Crippen molar-refractivity contribution in [2.45, 2.75) is 44.4 Å². The van der Waals surface area contributed by atoms with E-state index in [2.05, 4.69) is 25.7 Å². The number of rotatable bonds is 6. The van der Waals surface area contributed by atoms with E-state index in [0.717, 1.165) is 17.5 Å².